The lowest BCUT2D eigenvalue weighted by atomic mass is 10.2. The van der Waals surface area contributed by atoms with Crippen LogP contribution in [0.2, 0.25) is 0 Å². The number of rotatable bonds is 6. The van der Waals surface area contributed by atoms with Crippen LogP contribution < -0.4 is 10.6 Å². The van der Waals surface area contributed by atoms with Gasteiger partial charge in [0.15, 0.2) is 0 Å². The number of pyridine rings is 1. The van der Waals surface area contributed by atoms with Crippen LogP contribution in [0, 0.1) is 6.92 Å². The third-order valence-electron chi connectivity index (χ3n) is 3.66. The molecule has 6 heteroatoms. The molecular formula is C19H21N5O. The predicted molar refractivity (Wildman–Crippen MR) is 99.9 cm³/mol. The van der Waals surface area contributed by atoms with Crippen molar-refractivity contribution in [3.63, 3.8) is 0 Å². The third-order valence-corrected chi connectivity index (χ3v) is 3.66. The molecule has 0 amide bonds. The van der Waals surface area contributed by atoms with Crippen LogP contribution in [0.15, 0.2) is 54.9 Å². The number of hydrogen-bond acceptors (Lipinski definition) is 6. The molecule has 0 saturated heterocycles. The van der Waals surface area contributed by atoms with Crippen LogP contribution in [-0.4, -0.2) is 32.7 Å². The minimum Gasteiger partial charge on any atom is -0.394 e. The third kappa shape index (κ3) is 4.51. The second-order valence-electron chi connectivity index (χ2n) is 5.92. The molecule has 25 heavy (non-hydrogen) atoms. The number of anilines is 3. The highest BCUT2D eigenvalue weighted by molar-refractivity contribution is 5.66. The SMILES string of the molecule is Cc1ccc(Nc2cc(-c3cccnc3)nc(N[C@@H](C)CO)n2)cc1. The van der Waals surface area contributed by atoms with Gasteiger partial charge in [0.2, 0.25) is 5.95 Å². The first-order valence-corrected chi connectivity index (χ1v) is 8.14. The molecule has 0 bridgehead atoms. The van der Waals surface area contributed by atoms with Gasteiger partial charge in [0.1, 0.15) is 5.82 Å². The predicted octanol–water partition coefficient (Wildman–Crippen LogP) is 3.38. The first-order chi connectivity index (χ1) is 12.1. The molecular weight excluding hydrogens is 314 g/mol. The zero-order valence-corrected chi connectivity index (χ0v) is 14.3. The molecule has 0 aliphatic rings. The maximum atomic E-state index is 9.27. The number of benzene rings is 1. The Morgan fingerprint density at radius 3 is 2.60 bits per heavy atom. The summed E-state index contributed by atoms with van der Waals surface area (Å²) in [7, 11) is 0. The van der Waals surface area contributed by atoms with Crippen LogP contribution in [-0.2, 0) is 0 Å². The van der Waals surface area contributed by atoms with Gasteiger partial charge in [0.25, 0.3) is 0 Å². The van der Waals surface area contributed by atoms with Crippen LogP contribution in [0.25, 0.3) is 11.3 Å². The van der Waals surface area contributed by atoms with Crippen LogP contribution in [0.4, 0.5) is 17.5 Å². The minimum absolute atomic E-state index is 0.00119. The lowest BCUT2D eigenvalue weighted by Crippen LogP contribution is -2.21. The molecule has 6 nitrogen and oxygen atoms in total. The van der Waals surface area contributed by atoms with Gasteiger partial charge in [-0.25, -0.2) is 4.98 Å². The summed E-state index contributed by atoms with van der Waals surface area (Å²) in [5, 5.41) is 15.7. The number of aliphatic hydroxyl groups is 1. The van der Waals surface area contributed by atoms with Gasteiger partial charge in [-0.05, 0) is 38.1 Å². The van der Waals surface area contributed by atoms with E-state index in [1.807, 2.05) is 56.3 Å². The zero-order valence-electron chi connectivity index (χ0n) is 14.3. The molecule has 0 aliphatic heterocycles. The molecule has 1 aromatic carbocycles. The Kier molecular flexibility index (Phi) is 5.20. The van der Waals surface area contributed by atoms with Gasteiger partial charge in [-0.3, -0.25) is 4.98 Å². The van der Waals surface area contributed by atoms with Gasteiger partial charge in [-0.1, -0.05) is 17.7 Å². The second kappa shape index (κ2) is 7.72. The molecule has 0 unspecified atom stereocenters. The molecule has 2 heterocycles. The highest BCUT2D eigenvalue weighted by Crippen LogP contribution is 2.23. The van der Waals surface area contributed by atoms with E-state index >= 15 is 0 Å². The molecule has 0 aliphatic carbocycles. The van der Waals surface area contributed by atoms with E-state index in [0.29, 0.717) is 11.8 Å². The zero-order chi connectivity index (χ0) is 17.6. The average molecular weight is 335 g/mol. The van der Waals surface area contributed by atoms with E-state index < -0.39 is 0 Å². The van der Waals surface area contributed by atoms with E-state index in [9.17, 15) is 5.11 Å². The molecule has 0 fully saturated rings. The lowest BCUT2D eigenvalue weighted by Gasteiger charge is -2.14. The van der Waals surface area contributed by atoms with Crippen LogP contribution in [0.1, 0.15) is 12.5 Å². The summed E-state index contributed by atoms with van der Waals surface area (Å²) in [6.07, 6.45) is 3.49. The minimum atomic E-state index is -0.142. The molecule has 3 N–H and O–H groups in total. The largest absolute Gasteiger partial charge is 0.394 e. The maximum Gasteiger partial charge on any atom is 0.225 e. The van der Waals surface area contributed by atoms with Gasteiger partial charge >= 0.3 is 0 Å². The molecule has 1 atom stereocenters. The number of aryl methyl sites for hydroxylation is 1. The Morgan fingerprint density at radius 1 is 1.12 bits per heavy atom. The Bertz CT molecular complexity index is 821. The number of nitrogens with one attached hydrogen (secondary N) is 2. The highest BCUT2D eigenvalue weighted by Gasteiger charge is 2.09. The van der Waals surface area contributed by atoms with E-state index in [1.165, 1.54) is 5.56 Å². The van der Waals surface area contributed by atoms with Crippen molar-refractivity contribution in [1.82, 2.24) is 15.0 Å². The fourth-order valence-electron chi connectivity index (χ4n) is 2.29. The van der Waals surface area contributed by atoms with E-state index in [4.69, 9.17) is 0 Å². The van der Waals surface area contributed by atoms with Gasteiger partial charge < -0.3 is 15.7 Å². The summed E-state index contributed by atoms with van der Waals surface area (Å²) in [6.45, 7) is 3.92. The smallest absolute Gasteiger partial charge is 0.225 e. The van der Waals surface area contributed by atoms with Gasteiger partial charge in [0, 0.05) is 35.8 Å². The molecule has 2 aromatic heterocycles. The number of aliphatic hydroxyl groups excluding tert-OH is 1. The van der Waals surface area contributed by atoms with Gasteiger partial charge in [-0.2, -0.15) is 4.98 Å². The number of nitrogens with zero attached hydrogens (tertiary/aromatic N) is 3. The fourth-order valence-corrected chi connectivity index (χ4v) is 2.29. The molecule has 128 valence electrons. The van der Waals surface area contributed by atoms with E-state index in [0.717, 1.165) is 16.9 Å². The fraction of sp³-hybridized carbons (Fsp3) is 0.211. The van der Waals surface area contributed by atoms with E-state index in [-0.39, 0.29) is 12.6 Å². The Morgan fingerprint density at radius 2 is 1.92 bits per heavy atom. The van der Waals surface area contributed by atoms with Crippen molar-refractivity contribution in [3.8, 4) is 11.3 Å². The highest BCUT2D eigenvalue weighted by atomic mass is 16.3. The van der Waals surface area contributed by atoms with Gasteiger partial charge in [-0.15, -0.1) is 0 Å². The summed E-state index contributed by atoms with van der Waals surface area (Å²) in [4.78, 5) is 13.2. The summed E-state index contributed by atoms with van der Waals surface area (Å²) in [5.41, 5.74) is 3.80. The first-order valence-electron chi connectivity index (χ1n) is 8.14. The maximum absolute atomic E-state index is 9.27. The molecule has 0 spiro atoms. The quantitative estimate of drug-likeness (QED) is 0.640. The molecule has 0 saturated carbocycles. The van der Waals surface area contributed by atoms with Crippen molar-refractivity contribution in [2.24, 2.45) is 0 Å². The standard InChI is InChI=1S/C19H21N5O/c1-13-5-7-16(8-6-13)22-18-10-17(15-4-3-9-20-11-15)23-19(24-18)21-14(2)12-25/h3-11,14,25H,12H2,1-2H3,(H2,21,22,23,24)/t14-/m0/s1. The van der Waals surface area contributed by atoms with Gasteiger partial charge in [0.05, 0.1) is 12.3 Å². The summed E-state index contributed by atoms with van der Waals surface area (Å²) in [5.74, 6) is 1.13. The van der Waals surface area contributed by atoms with Crippen LogP contribution in [0.3, 0.4) is 0 Å². The number of aromatic nitrogens is 3. The summed E-state index contributed by atoms with van der Waals surface area (Å²) < 4.78 is 0. The van der Waals surface area contributed by atoms with E-state index in [1.54, 1.807) is 12.4 Å². The first kappa shape index (κ1) is 16.9. The van der Waals surface area contributed by atoms with Crippen molar-refractivity contribution in [2.75, 3.05) is 17.2 Å². The number of hydrogen-bond donors (Lipinski definition) is 3. The molecule has 0 radical (unpaired) electrons. The van der Waals surface area contributed by atoms with E-state index in [2.05, 4.69) is 25.6 Å². The Hall–Kier alpha value is -2.99. The van der Waals surface area contributed by atoms with Crippen molar-refractivity contribution in [1.29, 1.82) is 0 Å². The van der Waals surface area contributed by atoms with Crippen LogP contribution in [0.5, 0.6) is 0 Å². The lowest BCUT2D eigenvalue weighted by molar-refractivity contribution is 0.281. The molecule has 3 aromatic rings. The van der Waals surface area contributed by atoms with Crippen molar-refractivity contribution >= 4 is 17.5 Å². The Labute approximate surface area is 147 Å². The monoisotopic (exact) mass is 335 g/mol. The van der Waals surface area contributed by atoms with Crippen LogP contribution >= 0.6 is 0 Å². The van der Waals surface area contributed by atoms with Crippen molar-refractivity contribution < 1.29 is 5.11 Å². The molecule has 3 rings (SSSR count). The Balaban J connectivity index is 1.95. The van der Waals surface area contributed by atoms with Crippen molar-refractivity contribution in [3.05, 3.63) is 60.4 Å². The normalized spacial score (nSPS) is 11.8. The summed E-state index contributed by atoms with van der Waals surface area (Å²) in [6, 6.07) is 13.6. The average Bonchev–Trinajstić information content (AvgIpc) is 2.64. The topological polar surface area (TPSA) is 83.0 Å². The second-order valence-corrected chi connectivity index (χ2v) is 5.92. The summed E-state index contributed by atoms with van der Waals surface area (Å²) >= 11 is 0. The van der Waals surface area contributed by atoms with Crippen molar-refractivity contribution in [2.45, 2.75) is 19.9 Å².